The van der Waals surface area contributed by atoms with E-state index in [9.17, 15) is 14.7 Å². The lowest BCUT2D eigenvalue weighted by Crippen LogP contribution is -2.23. The highest BCUT2D eigenvalue weighted by molar-refractivity contribution is 6.30. The smallest absolute Gasteiger partial charge is 0.253 e. The van der Waals surface area contributed by atoms with Crippen LogP contribution in [0.3, 0.4) is 0 Å². The van der Waals surface area contributed by atoms with Crippen molar-refractivity contribution in [2.45, 2.75) is 26.7 Å². The Morgan fingerprint density at radius 2 is 1.86 bits per heavy atom. The number of aryl methyl sites for hydroxylation is 3. The largest absolute Gasteiger partial charge is 0.505 e. The highest BCUT2D eigenvalue weighted by Crippen LogP contribution is 2.33. The van der Waals surface area contributed by atoms with Gasteiger partial charge in [0.2, 0.25) is 0 Å². The van der Waals surface area contributed by atoms with Crippen molar-refractivity contribution in [1.82, 2.24) is 14.5 Å². The number of halogens is 1. The number of aromatic hydroxyl groups is 1. The number of benzene rings is 2. The Kier molecular flexibility index (Phi) is 5.66. The predicted octanol–water partition coefficient (Wildman–Crippen LogP) is 4.07. The molecule has 0 fully saturated rings. The number of phenols is 1. The molecule has 0 aliphatic rings. The fourth-order valence-corrected chi connectivity index (χ4v) is 3.69. The van der Waals surface area contributed by atoms with E-state index >= 15 is 0 Å². The second-order valence-corrected chi connectivity index (χ2v) is 7.86. The minimum Gasteiger partial charge on any atom is -0.505 e. The van der Waals surface area contributed by atoms with Crippen LogP contribution >= 0.6 is 11.6 Å². The fraction of sp³-hybridized carbons (Fsp3) is 0.318. The van der Waals surface area contributed by atoms with Crippen molar-refractivity contribution in [3.8, 4) is 5.75 Å². The molecule has 1 heterocycles. The second kappa shape index (κ2) is 7.87. The van der Waals surface area contributed by atoms with Crippen LogP contribution in [0.2, 0.25) is 5.02 Å². The molecule has 0 spiro atoms. The van der Waals surface area contributed by atoms with E-state index in [4.69, 9.17) is 11.6 Å². The van der Waals surface area contributed by atoms with Gasteiger partial charge in [0.25, 0.3) is 5.91 Å². The molecule has 3 rings (SSSR count). The zero-order valence-electron chi connectivity index (χ0n) is 17.2. The summed E-state index contributed by atoms with van der Waals surface area (Å²) >= 11 is 5.98. The summed E-state index contributed by atoms with van der Waals surface area (Å²) < 4.78 is 1.83. The van der Waals surface area contributed by atoms with Crippen LogP contribution in [0.4, 0.5) is 0 Å². The number of imidazole rings is 1. The van der Waals surface area contributed by atoms with E-state index < -0.39 is 0 Å². The number of nitrogens with zero attached hydrogens (tertiary/aromatic N) is 3. The third-order valence-corrected chi connectivity index (χ3v) is 5.44. The first-order valence-electron chi connectivity index (χ1n) is 9.30. The van der Waals surface area contributed by atoms with Crippen LogP contribution in [0.15, 0.2) is 24.3 Å². The van der Waals surface area contributed by atoms with Gasteiger partial charge in [0.15, 0.2) is 5.78 Å². The van der Waals surface area contributed by atoms with Crippen LogP contribution in [0.5, 0.6) is 5.75 Å². The highest BCUT2D eigenvalue weighted by atomic mass is 35.5. The number of hydrogen-bond acceptors (Lipinski definition) is 4. The van der Waals surface area contributed by atoms with Crippen LogP contribution in [-0.2, 0) is 13.5 Å². The van der Waals surface area contributed by atoms with Gasteiger partial charge in [-0.15, -0.1) is 0 Å². The van der Waals surface area contributed by atoms with Gasteiger partial charge >= 0.3 is 0 Å². The molecule has 0 aliphatic heterocycles. The number of ketones is 1. The lowest BCUT2D eigenvalue weighted by atomic mass is 9.95. The molecular weight excluding hydrogens is 390 g/mol. The molecule has 1 amide bonds. The van der Waals surface area contributed by atoms with Gasteiger partial charge < -0.3 is 14.6 Å². The number of aromatic nitrogens is 2. The molecule has 6 nitrogen and oxygen atoms in total. The summed E-state index contributed by atoms with van der Waals surface area (Å²) in [7, 11) is 5.15. The molecule has 0 bridgehead atoms. The van der Waals surface area contributed by atoms with Crippen molar-refractivity contribution in [2.75, 3.05) is 14.1 Å². The van der Waals surface area contributed by atoms with Crippen molar-refractivity contribution in [1.29, 1.82) is 0 Å². The summed E-state index contributed by atoms with van der Waals surface area (Å²) in [6.07, 6.45) is 0.383. The lowest BCUT2D eigenvalue weighted by Gasteiger charge is -2.16. The maximum atomic E-state index is 12.8. The fourth-order valence-electron chi connectivity index (χ4n) is 3.46. The third-order valence-electron chi connectivity index (χ3n) is 5.21. The van der Waals surface area contributed by atoms with Crippen molar-refractivity contribution in [3.05, 3.63) is 57.4 Å². The molecule has 0 unspecified atom stereocenters. The summed E-state index contributed by atoms with van der Waals surface area (Å²) in [6.45, 7) is 3.67. The number of hydrogen-bond donors (Lipinski definition) is 1. The number of carbonyl (C=O) groups is 2. The van der Waals surface area contributed by atoms with Crippen LogP contribution in [0.25, 0.3) is 11.0 Å². The number of fused-ring (bicyclic) bond motifs is 1. The van der Waals surface area contributed by atoms with Gasteiger partial charge in [-0.1, -0.05) is 11.6 Å². The van der Waals surface area contributed by atoms with E-state index in [2.05, 4.69) is 4.98 Å². The van der Waals surface area contributed by atoms with Gasteiger partial charge in [0, 0.05) is 49.3 Å². The zero-order valence-corrected chi connectivity index (χ0v) is 18.0. The number of amides is 1. The second-order valence-electron chi connectivity index (χ2n) is 7.42. The Morgan fingerprint density at radius 1 is 1.17 bits per heavy atom. The monoisotopic (exact) mass is 413 g/mol. The molecule has 3 aromatic rings. The average Bonchev–Trinajstić information content (AvgIpc) is 2.94. The molecule has 29 heavy (non-hydrogen) atoms. The molecule has 152 valence electrons. The Labute approximate surface area is 174 Å². The first kappa shape index (κ1) is 20.9. The standard InChI is InChI=1S/C22H24ClN3O3/c1-12-10-14(23)6-7-15(12)19(27)9-8-16-17(22(29)25(3)4)11-18-20(21(16)28)24-13(2)26(18)5/h6-7,10-11,28H,8-9H2,1-5H3. The van der Waals surface area contributed by atoms with Gasteiger partial charge in [0.05, 0.1) is 5.52 Å². The van der Waals surface area contributed by atoms with Crippen molar-refractivity contribution in [2.24, 2.45) is 7.05 Å². The van der Waals surface area contributed by atoms with Crippen LogP contribution < -0.4 is 0 Å². The molecular formula is C22H24ClN3O3. The van der Waals surface area contributed by atoms with Crippen LogP contribution in [0, 0.1) is 13.8 Å². The van der Waals surface area contributed by atoms with E-state index in [-0.39, 0.29) is 30.3 Å². The maximum absolute atomic E-state index is 12.8. The van der Waals surface area contributed by atoms with Gasteiger partial charge in [-0.2, -0.15) is 0 Å². The van der Waals surface area contributed by atoms with Gasteiger partial charge in [0.1, 0.15) is 17.1 Å². The summed E-state index contributed by atoms with van der Waals surface area (Å²) in [5.41, 5.74) is 3.31. The molecule has 7 heteroatoms. The molecule has 1 aromatic heterocycles. The predicted molar refractivity (Wildman–Crippen MR) is 114 cm³/mol. The average molecular weight is 414 g/mol. The lowest BCUT2D eigenvalue weighted by molar-refractivity contribution is 0.0825. The highest BCUT2D eigenvalue weighted by Gasteiger charge is 2.23. The number of carbonyl (C=O) groups excluding carboxylic acids is 2. The minimum atomic E-state index is -0.230. The van der Waals surface area contributed by atoms with Crippen molar-refractivity contribution < 1.29 is 14.7 Å². The molecule has 2 aromatic carbocycles. The van der Waals surface area contributed by atoms with Crippen LogP contribution in [0.1, 0.15) is 44.1 Å². The summed E-state index contributed by atoms with van der Waals surface area (Å²) in [6, 6.07) is 6.88. The first-order chi connectivity index (χ1) is 13.6. The summed E-state index contributed by atoms with van der Waals surface area (Å²) in [5, 5.41) is 11.5. The molecule has 0 aliphatic carbocycles. The molecule has 1 N–H and O–H groups in total. The Balaban J connectivity index is 2.03. The van der Waals surface area contributed by atoms with Gasteiger partial charge in [-0.3, -0.25) is 9.59 Å². The van der Waals surface area contributed by atoms with E-state index in [0.29, 0.717) is 32.7 Å². The third kappa shape index (κ3) is 3.85. The van der Waals surface area contributed by atoms with E-state index in [1.54, 1.807) is 38.4 Å². The van der Waals surface area contributed by atoms with Crippen molar-refractivity contribution >= 4 is 34.3 Å². The zero-order chi connectivity index (χ0) is 21.5. The first-order valence-corrected chi connectivity index (χ1v) is 9.68. The number of rotatable bonds is 5. The summed E-state index contributed by atoms with van der Waals surface area (Å²) in [4.78, 5) is 31.4. The minimum absolute atomic E-state index is 0.0444. The molecule has 0 radical (unpaired) electrons. The number of phenolic OH excluding ortho intramolecular Hbond substituents is 1. The van der Waals surface area contributed by atoms with E-state index in [1.807, 2.05) is 25.5 Å². The topological polar surface area (TPSA) is 75.4 Å². The number of Topliss-reactive ketones (excluding diaryl/α,β-unsaturated/α-hetero) is 1. The maximum Gasteiger partial charge on any atom is 0.253 e. The molecule has 0 saturated carbocycles. The Morgan fingerprint density at radius 3 is 2.48 bits per heavy atom. The normalized spacial score (nSPS) is 11.1. The van der Waals surface area contributed by atoms with Crippen LogP contribution in [-0.4, -0.2) is 45.3 Å². The molecule has 0 atom stereocenters. The molecule has 0 saturated heterocycles. The van der Waals surface area contributed by atoms with Gasteiger partial charge in [-0.25, -0.2) is 4.98 Å². The van der Waals surface area contributed by atoms with E-state index in [0.717, 1.165) is 11.4 Å². The summed E-state index contributed by atoms with van der Waals surface area (Å²) in [5.74, 6) is 0.380. The van der Waals surface area contributed by atoms with Gasteiger partial charge in [-0.05, 0) is 50.1 Å². The Hall–Kier alpha value is -2.86. The SMILES string of the molecule is Cc1cc(Cl)ccc1C(=O)CCc1c(C(=O)N(C)C)cc2c(nc(C)n2C)c1O. The quantitative estimate of drug-likeness (QED) is 0.640. The van der Waals surface area contributed by atoms with E-state index in [1.165, 1.54) is 4.90 Å². The Bertz CT molecular complexity index is 1130. The van der Waals surface area contributed by atoms with Crippen molar-refractivity contribution in [3.63, 3.8) is 0 Å².